The summed E-state index contributed by atoms with van der Waals surface area (Å²) in [5.74, 6) is 1.46. The van der Waals surface area contributed by atoms with E-state index >= 15 is 0 Å². The van der Waals surface area contributed by atoms with Crippen LogP contribution in [0.4, 0.5) is 5.69 Å². The summed E-state index contributed by atoms with van der Waals surface area (Å²) in [5, 5.41) is 3.94. The first-order chi connectivity index (χ1) is 13.7. The molecule has 2 heterocycles. The van der Waals surface area contributed by atoms with E-state index in [9.17, 15) is 4.79 Å². The number of hydrogen-bond donors (Lipinski definition) is 1. The predicted molar refractivity (Wildman–Crippen MR) is 109 cm³/mol. The molecule has 1 aliphatic heterocycles. The van der Waals surface area contributed by atoms with E-state index in [1.54, 1.807) is 6.20 Å². The second-order valence-electron chi connectivity index (χ2n) is 6.75. The van der Waals surface area contributed by atoms with Crippen LogP contribution in [0.25, 0.3) is 10.9 Å². The minimum absolute atomic E-state index is 0.0599. The number of amides is 1. The minimum atomic E-state index is -0.107. The number of aromatic nitrogens is 1. The van der Waals surface area contributed by atoms with Crippen LogP contribution < -0.4 is 14.8 Å². The molecule has 0 aliphatic carbocycles. The Kier molecular flexibility index (Phi) is 5.39. The van der Waals surface area contributed by atoms with Gasteiger partial charge in [-0.05, 0) is 42.9 Å². The average Bonchev–Trinajstić information content (AvgIpc) is 2.73. The molecule has 0 spiro atoms. The number of benzene rings is 2. The monoisotopic (exact) mass is 377 g/mol. The number of nitrogens with zero attached hydrogens (tertiary/aromatic N) is 2. The predicted octanol–water partition coefficient (Wildman–Crippen LogP) is 3.34. The van der Waals surface area contributed by atoms with E-state index in [1.807, 2.05) is 61.5 Å². The van der Waals surface area contributed by atoms with Gasteiger partial charge >= 0.3 is 0 Å². The molecule has 1 unspecified atom stereocenters. The molecule has 0 saturated carbocycles. The van der Waals surface area contributed by atoms with E-state index in [-0.39, 0.29) is 18.6 Å². The molecule has 1 atom stereocenters. The van der Waals surface area contributed by atoms with Gasteiger partial charge in [0.15, 0.2) is 11.5 Å². The number of carbonyl (C=O) groups is 1. The van der Waals surface area contributed by atoms with Crippen molar-refractivity contribution in [3.8, 4) is 11.5 Å². The second kappa shape index (κ2) is 8.27. The van der Waals surface area contributed by atoms with E-state index in [0.29, 0.717) is 13.2 Å². The highest BCUT2D eigenvalue weighted by Crippen LogP contribution is 2.31. The lowest BCUT2D eigenvalue weighted by molar-refractivity contribution is -0.117. The van der Waals surface area contributed by atoms with Crippen LogP contribution in [-0.4, -0.2) is 48.1 Å². The first-order valence-electron chi connectivity index (χ1n) is 9.47. The van der Waals surface area contributed by atoms with Crippen LogP contribution in [0.1, 0.15) is 6.92 Å². The summed E-state index contributed by atoms with van der Waals surface area (Å²) < 4.78 is 11.8. The van der Waals surface area contributed by atoms with Crippen molar-refractivity contribution in [3.63, 3.8) is 0 Å². The smallest absolute Gasteiger partial charge is 0.238 e. The Labute approximate surface area is 164 Å². The quantitative estimate of drug-likeness (QED) is 0.714. The van der Waals surface area contributed by atoms with Gasteiger partial charge in [-0.1, -0.05) is 25.1 Å². The zero-order valence-corrected chi connectivity index (χ0v) is 15.8. The summed E-state index contributed by atoms with van der Waals surface area (Å²) in [6.07, 6.45) is 1.64. The average molecular weight is 377 g/mol. The minimum Gasteiger partial charge on any atom is -0.486 e. The number of para-hydroxylation sites is 2. The first-order valence-corrected chi connectivity index (χ1v) is 9.47. The number of rotatable bonds is 6. The molecule has 6 nitrogen and oxygen atoms in total. The molecule has 1 N–H and O–H groups in total. The normalized spacial score (nSPS) is 15.6. The van der Waals surface area contributed by atoms with Crippen molar-refractivity contribution in [1.82, 2.24) is 9.88 Å². The number of hydrogen-bond acceptors (Lipinski definition) is 5. The lowest BCUT2D eigenvalue weighted by atomic mass is 10.2. The fraction of sp³-hybridized carbons (Fsp3) is 0.273. The number of carbonyl (C=O) groups excluding carboxylic acids is 1. The Hall–Kier alpha value is -3.12. The molecular formula is C22H23N3O3. The van der Waals surface area contributed by atoms with Crippen LogP contribution in [0.2, 0.25) is 0 Å². The third kappa shape index (κ3) is 4.07. The van der Waals surface area contributed by atoms with Crippen LogP contribution in [0.3, 0.4) is 0 Å². The van der Waals surface area contributed by atoms with Gasteiger partial charge in [-0.3, -0.25) is 14.7 Å². The van der Waals surface area contributed by atoms with E-state index in [0.717, 1.165) is 34.6 Å². The lowest BCUT2D eigenvalue weighted by Gasteiger charge is -2.30. The van der Waals surface area contributed by atoms with E-state index in [1.165, 1.54) is 0 Å². The van der Waals surface area contributed by atoms with Gasteiger partial charge in [-0.15, -0.1) is 0 Å². The Morgan fingerprint density at radius 1 is 1.14 bits per heavy atom. The summed E-state index contributed by atoms with van der Waals surface area (Å²) in [6.45, 7) is 4.16. The van der Waals surface area contributed by atoms with Crippen LogP contribution in [-0.2, 0) is 4.79 Å². The van der Waals surface area contributed by atoms with Crippen LogP contribution in [0.5, 0.6) is 11.5 Å². The van der Waals surface area contributed by atoms with Gasteiger partial charge in [-0.2, -0.15) is 0 Å². The van der Waals surface area contributed by atoms with Crippen molar-refractivity contribution < 1.29 is 14.3 Å². The molecule has 1 aliphatic rings. The molecular weight excluding hydrogens is 354 g/mol. The maximum atomic E-state index is 12.6. The summed E-state index contributed by atoms with van der Waals surface area (Å²) in [6, 6.07) is 17.2. The van der Waals surface area contributed by atoms with Gasteiger partial charge in [0, 0.05) is 18.1 Å². The zero-order chi connectivity index (χ0) is 19.3. The molecule has 3 aromatic rings. The molecule has 2 aromatic carbocycles. The highest BCUT2D eigenvalue weighted by molar-refractivity contribution is 6.01. The van der Waals surface area contributed by atoms with Gasteiger partial charge in [-0.25, -0.2) is 0 Å². The molecule has 1 aromatic heterocycles. The number of nitrogens with one attached hydrogen (secondary N) is 1. The van der Waals surface area contributed by atoms with Gasteiger partial charge in [0.1, 0.15) is 12.7 Å². The van der Waals surface area contributed by atoms with Gasteiger partial charge < -0.3 is 14.8 Å². The number of likely N-dealkylation sites (N-methyl/N-ethyl adjacent to an activating group) is 1. The molecule has 4 rings (SSSR count). The topological polar surface area (TPSA) is 63.7 Å². The van der Waals surface area contributed by atoms with Crippen molar-refractivity contribution >= 4 is 22.5 Å². The number of fused-ring (bicyclic) bond motifs is 2. The largest absolute Gasteiger partial charge is 0.486 e. The Morgan fingerprint density at radius 3 is 2.86 bits per heavy atom. The highest BCUT2D eigenvalue weighted by atomic mass is 16.6. The van der Waals surface area contributed by atoms with Gasteiger partial charge in [0.2, 0.25) is 5.91 Å². The first kappa shape index (κ1) is 18.3. The SMILES string of the molecule is CCN(CC(=O)Nc1cccc2ncccc12)CC1COc2ccccc2O1. The molecule has 0 fully saturated rings. The number of ether oxygens (including phenoxy) is 2. The second-order valence-corrected chi connectivity index (χ2v) is 6.75. The summed E-state index contributed by atoms with van der Waals surface area (Å²) in [5.41, 5.74) is 1.64. The van der Waals surface area contributed by atoms with E-state index < -0.39 is 0 Å². The Bertz CT molecular complexity index is 971. The summed E-state index contributed by atoms with van der Waals surface area (Å²) >= 11 is 0. The third-order valence-corrected chi connectivity index (χ3v) is 4.76. The number of anilines is 1. The zero-order valence-electron chi connectivity index (χ0n) is 15.8. The van der Waals surface area contributed by atoms with Crippen molar-refractivity contribution in [1.29, 1.82) is 0 Å². The molecule has 28 heavy (non-hydrogen) atoms. The van der Waals surface area contributed by atoms with E-state index in [2.05, 4.69) is 15.2 Å². The molecule has 1 amide bonds. The van der Waals surface area contributed by atoms with Gasteiger partial charge in [0.25, 0.3) is 0 Å². The highest BCUT2D eigenvalue weighted by Gasteiger charge is 2.23. The molecule has 6 heteroatoms. The van der Waals surface area contributed by atoms with Crippen molar-refractivity contribution in [2.75, 3.05) is 31.6 Å². The fourth-order valence-electron chi connectivity index (χ4n) is 3.35. The Morgan fingerprint density at radius 2 is 2.00 bits per heavy atom. The Balaban J connectivity index is 1.38. The maximum absolute atomic E-state index is 12.6. The van der Waals surface area contributed by atoms with Crippen molar-refractivity contribution in [2.24, 2.45) is 0 Å². The molecule has 0 saturated heterocycles. The standard InChI is InChI=1S/C22H23N3O3/c1-2-25(13-16-15-27-20-10-3-4-11-21(20)28-16)14-22(26)24-19-9-5-8-18-17(19)7-6-12-23-18/h3-12,16H,2,13-15H2,1H3,(H,24,26). The lowest BCUT2D eigenvalue weighted by Crippen LogP contribution is -2.43. The van der Waals surface area contributed by atoms with E-state index in [4.69, 9.17) is 9.47 Å². The molecule has 0 radical (unpaired) electrons. The third-order valence-electron chi connectivity index (χ3n) is 4.76. The summed E-state index contributed by atoms with van der Waals surface area (Å²) in [4.78, 5) is 19.0. The van der Waals surface area contributed by atoms with Crippen LogP contribution in [0.15, 0.2) is 60.8 Å². The molecule has 0 bridgehead atoms. The maximum Gasteiger partial charge on any atom is 0.238 e. The molecule has 144 valence electrons. The fourth-order valence-corrected chi connectivity index (χ4v) is 3.35. The number of pyridine rings is 1. The van der Waals surface area contributed by atoms with Crippen LogP contribution in [0, 0.1) is 0 Å². The summed E-state index contributed by atoms with van der Waals surface area (Å²) in [7, 11) is 0. The van der Waals surface area contributed by atoms with Crippen LogP contribution >= 0.6 is 0 Å². The van der Waals surface area contributed by atoms with Crippen molar-refractivity contribution in [2.45, 2.75) is 13.0 Å². The van der Waals surface area contributed by atoms with Crippen molar-refractivity contribution in [3.05, 3.63) is 60.8 Å². The van der Waals surface area contributed by atoms with Gasteiger partial charge in [0.05, 0.1) is 17.7 Å².